The highest BCUT2D eigenvalue weighted by Crippen LogP contribution is 2.28. The molecule has 1 saturated carbocycles. The number of nitrogens with zero attached hydrogens (tertiary/aromatic N) is 1. The number of hydrogen-bond donors (Lipinski definition) is 0. The average molecular weight is 286 g/mol. The summed E-state index contributed by atoms with van der Waals surface area (Å²) >= 11 is 3.26. The van der Waals surface area contributed by atoms with Crippen molar-refractivity contribution in [3.63, 3.8) is 0 Å². The summed E-state index contributed by atoms with van der Waals surface area (Å²) in [5.41, 5.74) is 0.940. The fraction of sp³-hybridized carbons (Fsp3) is 0.417. The van der Waals surface area contributed by atoms with Gasteiger partial charge in [0.2, 0.25) is 0 Å². The zero-order valence-electron chi connectivity index (χ0n) is 9.26. The van der Waals surface area contributed by atoms with Gasteiger partial charge in [0.15, 0.2) is 0 Å². The largest absolute Gasteiger partial charge is 0.339 e. The van der Waals surface area contributed by atoms with Gasteiger partial charge in [-0.15, -0.1) is 0 Å². The maximum atomic E-state index is 13.5. The number of halogens is 2. The minimum Gasteiger partial charge on any atom is -0.339 e. The third kappa shape index (κ3) is 2.12. The molecule has 16 heavy (non-hydrogen) atoms. The maximum absolute atomic E-state index is 13.5. The summed E-state index contributed by atoms with van der Waals surface area (Å²) in [6, 6.07) is 3.33. The number of amides is 1. The fourth-order valence-corrected chi connectivity index (χ4v) is 2.04. The summed E-state index contributed by atoms with van der Waals surface area (Å²) < 4.78 is 14.1. The third-order valence-electron chi connectivity index (χ3n) is 2.94. The molecular weight excluding hydrogens is 273 g/mol. The van der Waals surface area contributed by atoms with E-state index in [1.54, 1.807) is 24.9 Å². The van der Waals surface area contributed by atoms with E-state index in [9.17, 15) is 9.18 Å². The molecule has 1 aliphatic rings. The van der Waals surface area contributed by atoms with E-state index in [0.717, 1.165) is 12.8 Å². The minimum absolute atomic E-state index is 0.109. The molecule has 1 amide bonds. The van der Waals surface area contributed by atoms with Gasteiger partial charge >= 0.3 is 0 Å². The molecule has 0 atom stereocenters. The van der Waals surface area contributed by atoms with Gasteiger partial charge in [0.05, 0.1) is 0 Å². The molecule has 0 unspecified atom stereocenters. The topological polar surface area (TPSA) is 20.3 Å². The second-order valence-corrected chi connectivity index (χ2v) is 5.07. The molecule has 1 aromatic carbocycles. The van der Waals surface area contributed by atoms with Gasteiger partial charge in [-0.25, -0.2) is 4.39 Å². The Labute approximate surface area is 103 Å². The van der Waals surface area contributed by atoms with Crippen LogP contribution in [-0.4, -0.2) is 23.9 Å². The van der Waals surface area contributed by atoms with Gasteiger partial charge in [0.25, 0.3) is 5.91 Å². The van der Waals surface area contributed by atoms with Crippen molar-refractivity contribution in [3.8, 4) is 0 Å². The highest BCUT2D eigenvalue weighted by Gasteiger charge is 2.30. The van der Waals surface area contributed by atoms with Gasteiger partial charge in [0.1, 0.15) is 5.82 Å². The second-order valence-electron chi connectivity index (χ2n) is 4.21. The Morgan fingerprint density at radius 1 is 1.50 bits per heavy atom. The van der Waals surface area contributed by atoms with Crippen molar-refractivity contribution in [2.75, 3.05) is 7.05 Å². The highest BCUT2D eigenvalue weighted by molar-refractivity contribution is 9.10. The molecule has 0 aliphatic heterocycles. The quantitative estimate of drug-likeness (QED) is 0.818. The van der Waals surface area contributed by atoms with Gasteiger partial charge < -0.3 is 4.90 Å². The molecule has 0 aromatic heterocycles. The molecule has 2 nitrogen and oxygen atoms in total. The zero-order chi connectivity index (χ0) is 11.9. The minimum atomic E-state index is -0.345. The van der Waals surface area contributed by atoms with E-state index in [2.05, 4.69) is 15.9 Å². The van der Waals surface area contributed by atoms with Crippen LogP contribution in [0.5, 0.6) is 0 Å². The van der Waals surface area contributed by atoms with Crippen LogP contribution in [0.3, 0.4) is 0 Å². The number of carbonyl (C=O) groups is 1. The number of benzene rings is 1. The first-order valence-corrected chi connectivity index (χ1v) is 6.03. The lowest BCUT2D eigenvalue weighted by molar-refractivity contribution is 0.0784. The molecule has 0 radical (unpaired) electrons. The van der Waals surface area contributed by atoms with E-state index in [0.29, 0.717) is 21.6 Å². The number of hydrogen-bond acceptors (Lipinski definition) is 1. The van der Waals surface area contributed by atoms with Gasteiger partial charge in [-0.3, -0.25) is 4.79 Å². The zero-order valence-corrected chi connectivity index (χ0v) is 10.8. The maximum Gasteiger partial charge on any atom is 0.253 e. The Morgan fingerprint density at radius 2 is 2.12 bits per heavy atom. The summed E-state index contributed by atoms with van der Waals surface area (Å²) in [5.74, 6) is -0.455. The standard InChI is InChI=1S/C12H13BrFNO/c1-7-10(13)5-8(6-11(7)14)12(16)15(2)9-3-4-9/h5-6,9H,3-4H2,1-2H3. The molecule has 1 aromatic rings. The molecule has 4 heteroatoms. The summed E-state index contributed by atoms with van der Waals surface area (Å²) in [7, 11) is 1.77. The van der Waals surface area contributed by atoms with E-state index in [1.165, 1.54) is 6.07 Å². The van der Waals surface area contributed by atoms with Gasteiger partial charge in [-0.2, -0.15) is 0 Å². The van der Waals surface area contributed by atoms with Gasteiger partial charge in [0, 0.05) is 23.1 Å². The molecule has 0 heterocycles. The molecule has 0 N–H and O–H groups in total. The van der Waals surface area contributed by atoms with Crippen LogP contribution in [0, 0.1) is 12.7 Å². The van der Waals surface area contributed by atoms with E-state index in [1.807, 2.05) is 0 Å². The van der Waals surface area contributed by atoms with E-state index >= 15 is 0 Å². The Morgan fingerprint density at radius 3 is 2.62 bits per heavy atom. The molecule has 0 spiro atoms. The first-order chi connectivity index (χ1) is 7.50. The smallest absolute Gasteiger partial charge is 0.253 e. The van der Waals surface area contributed by atoms with Crippen molar-refractivity contribution in [1.82, 2.24) is 4.90 Å². The molecular formula is C12H13BrFNO. The van der Waals surface area contributed by atoms with Gasteiger partial charge in [-0.1, -0.05) is 15.9 Å². The fourth-order valence-electron chi connectivity index (χ4n) is 1.60. The van der Waals surface area contributed by atoms with E-state index < -0.39 is 0 Å². The van der Waals surface area contributed by atoms with Crippen LogP contribution in [-0.2, 0) is 0 Å². The Bertz CT molecular complexity index is 420. The van der Waals surface area contributed by atoms with Gasteiger partial charge in [-0.05, 0) is 37.5 Å². The summed E-state index contributed by atoms with van der Waals surface area (Å²) in [6.45, 7) is 1.68. The highest BCUT2D eigenvalue weighted by atomic mass is 79.9. The monoisotopic (exact) mass is 285 g/mol. The normalized spacial score (nSPS) is 15.0. The van der Waals surface area contributed by atoms with E-state index in [-0.39, 0.29) is 11.7 Å². The molecule has 0 bridgehead atoms. The average Bonchev–Trinajstić information content (AvgIpc) is 3.06. The van der Waals surface area contributed by atoms with Crippen LogP contribution in [0.4, 0.5) is 4.39 Å². The number of carbonyl (C=O) groups excluding carboxylic acids is 1. The Hall–Kier alpha value is -0.900. The first-order valence-electron chi connectivity index (χ1n) is 5.23. The summed E-state index contributed by atoms with van der Waals surface area (Å²) in [4.78, 5) is 13.7. The lowest BCUT2D eigenvalue weighted by Gasteiger charge is -2.16. The summed E-state index contributed by atoms with van der Waals surface area (Å²) in [5, 5.41) is 0. The van der Waals surface area contributed by atoms with Crippen molar-refractivity contribution < 1.29 is 9.18 Å². The third-order valence-corrected chi connectivity index (χ3v) is 3.77. The van der Waals surface area contributed by atoms with Crippen LogP contribution < -0.4 is 0 Å². The SMILES string of the molecule is Cc1c(F)cc(C(=O)N(C)C2CC2)cc1Br. The molecule has 86 valence electrons. The van der Waals surface area contributed by atoms with E-state index in [4.69, 9.17) is 0 Å². The van der Waals surface area contributed by atoms with Crippen LogP contribution in [0.15, 0.2) is 16.6 Å². The lowest BCUT2D eigenvalue weighted by Crippen LogP contribution is -2.28. The van der Waals surface area contributed by atoms with Crippen LogP contribution in [0.1, 0.15) is 28.8 Å². The van der Waals surface area contributed by atoms with Crippen LogP contribution in [0.25, 0.3) is 0 Å². The Kier molecular flexibility index (Phi) is 3.02. The predicted molar refractivity (Wildman–Crippen MR) is 64.0 cm³/mol. The van der Waals surface area contributed by atoms with Crippen molar-refractivity contribution in [1.29, 1.82) is 0 Å². The van der Waals surface area contributed by atoms with Crippen molar-refractivity contribution in [2.24, 2.45) is 0 Å². The predicted octanol–water partition coefficient (Wildman–Crippen LogP) is 3.13. The van der Waals surface area contributed by atoms with Crippen LogP contribution >= 0.6 is 15.9 Å². The molecule has 1 fully saturated rings. The summed E-state index contributed by atoms with van der Waals surface area (Å²) in [6.07, 6.45) is 2.11. The molecule has 0 saturated heterocycles. The second kappa shape index (κ2) is 4.17. The van der Waals surface area contributed by atoms with Crippen molar-refractivity contribution >= 4 is 21.8 Å². The Balaban J connectivity index is 2.29. The van der Waals surface area contributed by atoms with Crippen molar-refractivity contribution in [2.45, 2.75) is 25.8 Å². The first kappa shape index (κ1) is 11.6. The molecule has 2 rings (SSSR count). The van der Waals surface area contributed by atoms with Crippen molar-refractivity contribution in [3.05, 3.63) is 33.5 Å². The lowest BCUT2D eigenvalue weighted by atomic mass is 10.1. The molecule has 1 aliphatic carbocycles. The van der Waals surface area contributed by atoms with Crippen LogP contribution in [0.2, 0.25) is 0 Å². The number of rotatable bonds is 2.